The van der Waals surface area contributed by atoms with Crippen LogP contribution in [0.2, 0.25) is 0 Å². The first-order valence-corrected chi connectivity index (χ1v) is 6.90. The van der Waals surface area contributed by atoms with Gasteiger partial charge < -0.3 is 4.90 Å². The number of hydrogen-bond donors (Lipinski definition) is 0. The van der Waals surface area contributed by atoms with Crippen molar-refractivity contribution in [3.05, 3.63) is 29.3 Å². The highest BCUT2D eigenvalue weighted by atomic mass is 15.3. The summed E-state index contributed by atoms with van der Waals surface area (Å²) >= 11 is 0. The summed E-state index contributed by atoms with van der Waals surface area (Å²) in [7, 11) is 0. The molecule has 1 aromatic carbocycles. The zero-order valence-electron chi connectivity index (χ0n) is 12.3. The molecule has 0 unspecified atom stereocenters. The molecular weight excluding hydrogens is 248 g/mol. The summed E-state index contributed by atoms with van der Waals surface area (Å²) in [5.41, 5.74) is 2.43. The summed E-state index contributed by atoms with van der Waals surface area (Å²) in [4.78, 5) is 4.44. The summed E-state index contributed by atoms with van der Waals surface area (Å²) < 4.78 is 0. The minimum Gasteiger partial charge on any atom is -0.368 e. The van der Waals surface area contributed by atoms with Gasteiger partial charge in [-0.15, -0.1) is 0 Å². The van der Waals surface area contributed by atoms with Gasteiger partial charge in [0.15, 0.2) is 0 Å². The van der Waals surface area contributed by atoms with E-state index in [1.165, 1.54) is 0 Å². The number of nitriles is 2. The Hall–Kier alpha value is -2.04. The standard InChI is InChI=1S/C16H20N4/c1-13-4-5-15(14(10-13)11-17)19-6-8-20(9-7-19)16(2,3)12-18/h4-5,10H,6-9H2,1-3H3. The Labute approximate surface area is 120 Å². The van der Waals surface area contributed by atoms with E-state index in [1.807, 2.05) is 39.0 Å². The van der Waals surface area contributed by atoms with Gasteiger partial charge in [-0.3, -0.25) is 4.90 Å². The fourth-order valence-corrected chi connectivity index (χ4v) is 2.59. The Balaban J connectivity index is 2.13. The van der Waals surface area contributed by atoms with E-state index in [4.69, 9.17) is 0 Å². The lowest BCUT2D eigenvalue weighted by atomic mass is 10.0. The Kier molecular flexibility index (Phi) is 3.97. The van der Waals surface area contributed by atoms with Crippen molar-refractivity contribution >= 4 is 5.69 Å². The molecule has 0 saturated carbocycles. The van der Waals surface area contributed by atoms with Gasteiger partial charge in [-0.05, 0) is 38.5 Å². The lowest BCUT2D eigenvalue weighted by molar-refractivity contribution is 0.158. The van der Waals surface area contributed by atoms with Gasteiger partial charge in [0.25, 0.3) is 0 Å². The number of anilines is 1. The van der Waals surface area contributed by atoms with Crippen molar-refractivity contribution in [3.63, 3.8) is 0 Å². The summed E-state index contributed by atoms with van der Waals surface area (Å²) in [6, 6.07) is 10.6. The van der Waals surface area contributed by atoms with E-state index < -0.39 is 5.54 Å². The molecule has 1 saturated heterocycles. The summed E-state index contributed by atoms with van der Waals surface area (Å²) in [6.45, 7) is 9.30. The molecule has 0 N–H and O–H groups in total. The molecule has 1 aliphatic rings. The number of rotatable bonds is 2. The van der Waals surface area contributed by atoms with Gasteiger partial charge in [-0.1, -0.05) is 6.07 Å². The van der Waals surface area contributed by atoms with Crippen molar-refractivity contribution in [3.8, 4) is 12.1 Å². The number of aryl methyl sites for hydroxylation is 1. The molecule has 2 rings (SSSR count). The first-order valence-electron chi connectivity index (χ1n) is 6.90. The van der Waals surface area contributed by atoms with Crippen LogP contribution in [0.5, 0.6) is 0 Å². The van der Waals surface area contributed by atoms with E-state index in [0.717, 1.165) is 43.0 Å². The summed E-state index contributed by atoms with van der Waals surface area (Å²) in [6.07, 6.45) is 0. The van der Waals surface area contributed by atoms with Crippen LogP contribution in [0.15, 0.2) is 18.2 Å². The first kappa shape index (κ1) is 14.4. The Morgan fingerprint density at radius 2 is 1.75 bits per heavy atom. The Morgan fingerprint density at radius 3 is 2.30 bits per heavy atom. The SMILES string of the molecule is Cc1ccc(N2CCN(C(C)(C)C#N)CC2)c(C#N)c1. The van der Waals surface area contributed by atoms with Gasteiger partial charge in [0.05, 0.1) is 17.3 Å². The molecule has 0 atom stereocenters. The molecule has 0 amide bonds. The van der Waals surface area contributed by atoms with Crippen LogP contribution in [0, 0.1) is 29.6 Å². The van der Waals surface area contributed by atoms with Gasteiger partial charge in [-0.2, -0.15) is 10.5 Å². The minimum atomic E-state index is -0.419. The number of benzene rings is 1. The largest absolute Gasteiger partial charge is 0.368 e. The molecule has 4 heteroatoms. The molecule has 1 aliphatic heterocycles. The maximum Gasteiger partial charge on any atom is 0.103 e. The second kappa shape index (κ2) is 5.53. The van der Waals surface area contributed by atoms with E-state index in [2.05, 4.69) is 21.9 Å². The smallest absolute Gasteiger partial charge is 0.103 e. The molecule has 1 fully saturated rings. The van der Waals surface area contributed by atoms with E-state index in [0.29, 0.717) is 0 Å². The van der Waals surface area contributed by atoms with Crippen molar-refractivity contribution in [1.29, 1.82) is 10.5 Å². The molecule has 1 aromatic rings. The van der Waals surface area contributed by atoms with Crippen LogP contribution >= 0.6 is 0 Å². The third-order valence-corrected chi connectivity index (χ3v) is 3.96. The lowest BCUT2D eigenvalue weighted by Gasteiger charge is -2.41. The van der Waals surface area contributed by atoms with Crippen LogP contribution in [-0.4, -0.2) is 36.6 Å². The maximum absolute atomic E-state index is 9.26. The normalized spacial score (nSPS) is 16.6. The van der Waals surface area contributed by atoms with Gasteiger partial charge in [0.1, 0.15) is 11.6 Å². The predicted octanol–water partition coefficient (Wildman–Crippen LogP) is 2.29. The molecule has 0 aromatic heterocycles. The lowest BCUT2D eigenvalue weighted by Crippen LogP contribution is -2.54. The first-order chi connectivity index (χ1) is 9.47. The number of piperazine rings is 1. The highest BCUT2D eigenvalue weighted by Gasteiger charge is 2.30. The van der Waals surface area contributed by atoms with E-state index >= 15 is 0 Å². The summed E-state index contributed by atoms with van der Waals surface area (Å²) in [5.74, 6) is 0. The van der Waals surface area contributed by atoms with Crippen LogP contribution in [0.3, 0.4) is 0 Å². The predicted molar refractivity (Wildman–Crippen MR) is 79.4 cm³/mol. The van der Waals surface area contributed by atoms with Crippen molar-refractivity contribution in [2.24, 2.45) is 0 Å². The van der Waals surface area contributed by atoms with Crippen molar-refractivity contribution in [2.75, 3.05) is 31.1 Å². The fourth-order valence-electron chi connectivity index (χ4n) is 2.59. The van der Waals surface area contributed by atoms with Gasteiger partial charge in [0, 0.05) is 26.2 Å². The van der Waals surface area contributed by atoms with Crippen LogP contribution in [0.1, 0.15) is 25.0 Å². The molecular formula is C16H20N4. The second-order valence-corrected chi connectivity index (χ2v) is 5.78. The molecule has 104 valence electrons. The zero-order valence-corrected chi connectivity index (χ0v) is 12.3. The third kappa shape index (κ3) is 2.76. The Bertz CT molecular complexity index is 569. The third-order valence-electron chi connectivity index (χ3n) is 3.96. The molecule has 1 heterocycles. The molecule has 0 bridgehead atoms. The quantitative estimate of drug-likeness (QED) is 0.826. The van der Waals surface area contributed by atoms with Crippen LogP contribution in [0.4, 0.5) is 5.69 Å². The maximum atomic E-state index is 9.26. The second-order valence-electron chi connectivity index (χ2n) is 5.78. The molecule has 4 nitrogen and oxygen atoms in total. The monoisotopic (exact) mass is 268 g/mol. The summed E-state index contributed by atoms with van der Waals surface area (Å²) in [5, 5.41) is 18.5. The molecule has 0 aliphatic carbocycles. The van der Waals surface area contributed by atoms with Crippen molar-refractivity contribution in [1.82, 2.24) is 4.90 Å². The highest BCUT2D eigenvalue weighted by Crippen LogP contribution is 2.24. The van der Waals surface area contributed by atoms with Crippen LogP contribution in [-0.2, 0) is 0 Å². The van der Waals surface area contributed by atoms with E-state index in [9.17, 15) is 10.5 Å². The fraction of sp³-hybridized carbons (Fsp3) is 0.500. The average Bonchev–Trinajstić information content (AvgIpc) is 2.47. The van der Waals surface area contributed by atoms with Gasteiger partial charge in [-0.25, -0.2) is 0 Å². The zero-order chi connectivity index (χ0) is 14.8. The molecule has 0 radical (unpaired) electrons. The van der Waals surface area contributed by atoms with E-state index in [1.54, 1.807) is 0 Å². The van der Waals surface area contributed by atoms with Crippen LogP contribution < -0.4 is 4.90 Å². The topological polar surface area (TPSA) is 54.1 Å². The number of nitrogens with zero attached hydrogens (tertiary/aromatic N) is 4. The molecule has 20 heavy (non-hydrogen) atoms. The molecule has 0 spiro atoms. The minimum absolute atomic E-state index is 0.419. The van der Waals surface area contributed by atoms with Crippen molar-refractivity contribution < 1.29 is 0 Å². The van der Waals surface area contributed by atoms with E-state index in [-0.39, 0.29) is 0 Å². The number of hydrogen-bond acceptors (Lipinski definition) is 4. The van der Waals surface area contributed by atoms with Crippen molar-refractivity contribution in [2.45, 2.75) is 26.3 Å². The van der Waals surface area contributed by atoms with Gasteiger partial charge >= 0.3 is 0 Å². The van der Waals surface area contributed by atoms with Crippen LogP contribution in [0.25, 0.3) is 0 Å². The Morgan fingerprint density at radius 1 is 1.10 bits per heavy atom. The average molecular weight is 268 g/mol. The van der Waals surface area contributed by atoms with Gasteiger partial charge in [0.2, 0.25) is 0 Å². The highest BCUT2D eigenvalue weighted by molar-refractivity contribution is 5.60.